The number of nitrogens with zero attached hydrogens (tertiary/aromatic N) is 3. The van der Waals surface area contributed by atoms with Crippen LogP contribution in [-0.2, 0) is 14.4 Å². The van der Waals surface area contributed by atoms with Crippen LogP contribution in [0.2, 0.25) is 0 Å². The smallest absolute Gasteiger partial charge is 0.266 e. The molecule has 3 aromatic carbocycles. The average Bonchev–Trinajstić information content (AvgIpc) is 3.31. The van der Waals surface area contributed by atoms with Crippen LogP contribution in [0.5, 0.6) is 0 Å². The van der Waals surface area contributed by atoms with Crippen LogP contribution < -0.4 is 9.96 Å². The Morgan fingerprint density at radius 1 is 0.839 bits per heavy atom. The zero-order chi connectivity index (χ0) is 21.5. The normalized spacial score (nSPS) is 22.5. The lowest BCUT2D eigenvalue weighted by molar-refractivity contribution is -0.126. The summed E-state index contributed by atoms with van der Waals surface area (Å²) in [6.07, 6.45) is -1.00. The Morgan fingerprint density at radius 2 is 1.52 bits per heavy atom. The molecule has 2 aliphatic rings. The van der Waals surface area contributed by atoms with Crippen LogP contribution in [0.1, 0.15) is 17.2 Å². The number of imide groups is 1. The van der Waals surface area contributed by atoms with E-state index >= 15 is 0 Å². The molecule has 0 spiro atoms. The van der Waals surface area contributed by atoms with E-state index in [2.05, 4.69) is 6.07 Å². The van der Waals surface area contributed by atoms with Crippen LogP contribution in [-0.4, -0.2) is 17.9 Å². The van der Waals surface area contributed by atoms with Crippen molar-refractivity contribution < 1.29 is 18.8 Å². The van der Waals surface area contributed by atoms with Crippen LogP contribution in [0.4, 0.5) is 15.8 Å². The Morgan fingerprint density at radius 3 is 2.16 bits per heavy atom. The lowest BCUT2D eigenvalue weighted by atomic mass is 9.90. The maximum atomic E-state index is 13.4. The zero-order valence-electron chi connectivity index (χ0n) is 16.2. The topological polar surface area (TPSA) is 73.6 Å². The van der Waals surface area contributed by atoms with E-state index in [1.807, 2.05) is 30.3 Å². The van der Waals surface area contributed by atoms with Crippen molar-refractivity contribution in [3.05, 3.63) is 95.8 Å². The van der Waals surface area contributed by atoms with Gasteiger partial charge in [-0.15, -0.1) is 0 Å². The van der Waals surface area contributed by atoms with Crippen LogP contribution in [0, 0.1) is 23.1 Å². The first kappa shape index (κ1) is 19.0. The largest absolute Gasteiger partial charge is 0.273 e. The first-order valence-corrected chi connectivity index (χ1v) is 9.73. The first-order chi connectivity index (χ1) is 15.1. The number of carbonyl (C=O) groups excluding carboxylic acids is 2. The molecular weight excluding hydrogens is 397 g/mol. The molecule has 0 N–H and O–H groups in total. The van der Waals surface area contributed by atoms with E-state index < -0.39 is 35.7 Å². The molecule has 2 heterocycles. The van der Waals surface area contributed by atoms with E-state index in [-0.39, 0.29) is 0 Å². The molecule has 3 atom stereocenters. The third-order valence-electron chi connectivity index (χ3n) is 5.59. The summed E-state index contributed by atoms with van der Waals surface area (Å²) < 4.78 is 13.3. The monoisotopic (exact) mass is 413 g/mol. The van der Waals surface area contributed by atoms with Gasteiger partial charge in [0.15, 0.2) is 6.10 Å². The highest BCUT2D eigenvalue weighted by Crippen LogP contribution is 2.47. The maximum absolute atomic E-state index is 13.4. The molecule has 0 radical (unpaired) electrons. The van der Waals surface area contributed by atoms with Crippen LogP contribution in [0.3, 0.4) is 0 Å². The van der Waals surface area contributed by atoms with Crippen molar-refractivity contribution in [2.75, 3.05) is 9.96 Å². The van der Waals surface area contributed by atoms with Gasteiger partial charge in [0.2, 0.25) is 5.91 Å². The minimum Gasteiger partial charge on any atom is -0.273 e. The van der Waals surface area contributed by atoms with Crippen molar-refractivity contribution in [1.82, 2.24) is 0 Å². The molecule has 5 rings (SSSR count). The highest BCUT2D eigenvalue weighted by atomic mass is 19.1. The number of benzene rings is 3. The fraction of sp³-hybridized carbons (Fsp3) is 0.125. The Labute approximate surface area is 177 Å². The molecule has 0 aliphatic carbocycles. The number of hydrogen-bond acceptors (Lipinski definition) is 5. The summed E-state index contributed by atoms with van der Waals surface area (Å²) in [5.41, 5.74) is 2.25. The number of hydrogen-bond donors (Lipinski definition) is 0. The molecule has 0 saturated carbocycles. The van der Waals surface area contributed by atoms with E-state index in [1.54, 1.807) is 29.3 Å². The Bertz CT molecular complexity index is 1190. The first-order valence-electron chi connectivity index (χ1n) is 9.73. The van der Waals surface area contributed by atoms with Gasteiger partial charge in [-0.05, 0) is 54.1 Å². The van der Waals surface area contributed by atoms with E-state index in [0.29, 0.717) is 16.9 Å². The highest BCUT2D eigenvalue weighted by Gasteiger charge is 2.60. The summed E-state index contributed by atoms with van der Waals surface area (Å²) in [7, 11) is 0. The zero-order valence-corrected chi connectivity index (χ0v) is 16.2. The number of carbonyl (C=O) groups is 2. The van der Waals surface area contributed by atoms with E-state index in [0.717, 1.165) is 10.5 Å². The maximum Gasteiger partial charge on any atom is 0.266 e. The minimum absolute atomic E-state index is 0.305. The second-order valence-corrected chi connectivity index (χ2v) is 7.38. The van der Waals surface area contributed by atoms with Crippen molar-refractivity contribution >= 4 is 23.2 Å². The molecule has 2 fully saturated rings. The van der Waals surface area contributed by atoms with E-state index in [9.17, 15) is 14.0 Å². The number of rotatable bonds is 3. The lowest BCUT2D eigenvalue weighted by Crippen LogP contribution is -2.37. The molecule has 2 amide bonds. The van der Waals surface area contributed by atoms with Gasteiger partial charge in [0.1, 0.15) is 11.7 Å². The van der Waals surface area contributed by atoms with Crippen molar-refractivity contribution in [2.24, 2.45) is 5.92 Å². The second kappa shape index (κ2) is 7.35. The standard InChI is InChI=1S/C24H16FN3O3/c25-17-10-12-18(13-11-17)27-23(29)20-21(16-8-6-15(14-26)7-9-16)28(31-22(20)24(27)30)19-4-2-1-3-5-19/h1-13,20-22H. The number of para-hydroxylation sites is 1. The summed E-state index contributed by atoms with van der Waals surface area (Å²) in [6.45, 7) is 0. The van der Waals surface area contributed by atoms with Gasteiger partial charge in [-0.2, -0.15) is 5.26 Å². The number of anilines is 2. The Hall–Kier alpha value is -4.02. The van der Waals surface area contributed by atoms with Gasteiger partial charge in [0.05, 0.1) is 29.0 Å². The van der Waals surface area contributed by atoms with Crippen LogP contribution in [0.15, 0.2) is 78.9 Å². The van der Waals surface area contributed by atoms with Crippen LogP contribution in [0.25, 0.3) is 0 Å². The molecule has 0 bridgehead atoms. The summed E-state index contributed by atoms with van der Waals surface area (Å²) in [6, 6.07) is 22.8. The fourth-order valence-electron chi connectivity index (χ4n) is 4.15. The van der Waals surface area contributed by atoms with E-state index in [1.165, 1.54) is 24.3 Å². The highest BCUT2D eigenvalue weighted by molar-refractivity contribution is 6.23. The molecule has 31 heavy (non-hydrogen) atoms. The van der Waals surface area contributed by atoms with Gasteiger partial charge in [-0.25, -0.2) is 14.4 Å². The number of nitriles is 1. The minimum atomic E-state index is -1.00. The average molecular weight is 413 g/mol. The molecular formula is C24H16FN3O3. The number of halogens is 1. The predicted molar refractivity (Wildman–Crippen MR) is 110 cm³/mol. The molecule has 0 aromatic heterocycles. The number of amides is 2. The Kier molecular flexibility index (Phi) is 4.50. The van der Waals surface area contributed by atoms with Gasteiger partial charge in [0.25, 0.3) is 5.91 Å². The van der Waals surface area contributed by atoms with Crippen molar-refractivity contribution in [2.45, 2.75) is 12.1 Å². The van der Waals surface area contributed by atoms with Crippen LogP contribution >= 0.6 is 0 Å². The van der Waals surface area contributed by atoms with Crippen molar-refractivity contribution in [3.8, 4) is 6.07 Å². The number of hydroxylamine groups is 1. The molecule has 152 valence electrons. The molecule has 3 aromatic rings. The van der Waals surface area contributed by atoms with Gasteiger partial charge < -0.3 is 0 Å². The fourth-order valence-corrected chi connectivity index (χ4v) is 4.15. The van der Waals surface area contributed by atoms with Crippen molar-refractivity contribution in [1.29, 1.82) is 5.26 Å². The summed E-state index contributed by atoms with van der Waals surface area (Å²) >= 11 is 0. The summed E-state index contributed by atoms with van der Waals surface area (Å²) in [4.78, 5) is 33.7. The van der Waals surface area contributed by atoms with E-state index in [4.69, 9.17) is 10.1 Å². The second-order valence-electron chi connectivity index (χ2n) is 7.38. The van der Waals surface area contributed by atoms with Gasteiger partial charge >= 0.3 is 0 Å². The van der Waals surface area contributed by atoms with Crippen molar-refractivity contribution in [3.63, 3.8) is 0 Å². The lowest BCUT2D eigenvalue weighted by Gasteiger charge is -2.28. The number of fused-ring (bicyclic) bond motifs is 1. The summed E-state index contributed by atoms with van der Waals surface area (Å²) in [5.74, 6) is -2.14. The third-order valence-corrected chi connectivity index (χ3v) is 5.59. The molecule has 6 nitrogen and oxygen atoms in total. The molecule has 2 saturated heterocycles. The Balaban J connectivity index is 1.58. The quantitative estimate of drug-likeness (QED) is 0.612. The molecule has 3 unspecified atom stereocenters. The molecule has 2 aliphatic heterocycles. The predicted octanol–water partition coefficient (Wildman–Crippen LogP) is 3.75. The van der Waals surface area contributed by atoms with Gasteiger partial charge in [-0.3, -0.25) is 14.4 Å². The van der Waals surface area contributed by atoms with Gasteiger partial charge in [-0.1, -0.05) is 30.3 Å². The summed E-state index contributed by atoms with van der Waals surface area (Å²) in [5, 5.41) is 10.7. The molecule has 7 heteroatoms. The SMILES string of the molecule is N#Cc1ccc(C2C3C(=O)N(c4ccc(F)cc4)C(=O)C3ON2c2ccccc2)cc1. The van der Waals surface area contributed by atoms with Gasteiger partial charge in [0, 0.05) is 0 Å². The third kappa shape index (κ3) is 3.05.